The van der Waals surface area contributed by atoms with E-state index in [1.54, 1.807) is 0 Å². The second kappa shape index (κ2) is 7.40. The van der Waals surface area contributed by atoms with Crippen LogP contribution < -0.4 is 10.2 Å². The number of rotatable bonds is 5. The normalized spacial score (nSPS) is 16.2. The number of methoxy groups -OCH3 is 1. The van der Waals surface area contributed by atoms with E-state index in [0.29, 0.717) is 0 Å². The van der Waals surface area contributed by atoms with Crippen LogP contribution in [0.5, 0.6) is 0 Å². The zero-order chi connectivity index (χ0) is 19.6. The number of nitrogens with one attached hydrogen (secondary N) is 1. The monoisotopic (exact) mass is 377 g/mol. The fourth-order valence-corrected chi connectivity index (χ4v) is 2.60. The molecule has 1 atom stereocenters. The molecular weight excluding hydrogens is 361 g/mol. The summed E-state index contributed by atoms with van der Waals surface area (Å²) in [5.41, 5.74) is 0.231. The van der Waals surface area contributed by atoms with Crippen molar-refractivity contribution >= 4 is 23.7 Å². The van der Waals surface area contributed by atoms with E-state index in [1.165, 1.54) is 37.3 Å². The Labute approximate surface area is 152 Å². The number of hydrogen-bond donors (Lipinski definition) is 1. The largest absolute Gasteiger partial charge is 0.464 e. The second-order valence-corrected chi connectivity index (χ2v) is 5.71. The number of nitrogens with zero attached hydrogens (tertiary/aromatic N) is 4. The maximum atomic E-state index is 14.6. The molecule has 0 aliphatic carbocycles. The van der Waals surface area contributed by atoms with Gasteiger partial charge in [-0.25, -0.2) is 18.7 Å². The quantitative estimate of drug-likeness (QED) is 0.761. The van der Waals surface area contributed by atoms with Crippen molar-refractivity contribution in [2.24, 2.45) is 0 Å². The lowest BCUT2D eigenvalue weighted by molar-refractivity contribution is -0.119. The number of ether oxygens (including phenoxy) is 2. The van der Waals surface area contributed by atoms with Gasteiger partial charge in [0.2, 0.25) is 5.91 Å². The first kappa shape index (κ1) is 18.3. The summed E-state index contributed by atoms with van der Waals surface area (Å²) in [6.07, 6.45) is 0.597. The highest BCUT2D eigenvalue weighted by atomic mass is 19.1. The molecule has 1 N–H and O–H groups in total. The SMILES string of the molecule is COC(=O)c1cn(-c2ccc(N3C(=O)OC[C@@H]3CNC(C)=O)cc2F)nn1. The summed E-state index contributed by atoms with van der Waals surface area (Å²) in [7, 11) is 1.20. The highest BCUT2D eigenvalue weighted by Crippen LogP contribution is 2.26. The summed E-state index contributed by atoms with van der Waals surface area (Å²) in [6, 6.07) is 3.58. The highest BCUT2D eigenvalue weighted by molar-refractivity contribution is 5.90. The molecule has 1 aromatic heterocycles. The molecule has 11 heteroatoms. The third kappa shape index (κ3) is 3.71. The Kier molecular flexibility index (Phi) is 5.01. The minimum Gasteiger partial charge on any atom is -0.464 e. The zero-order valence-corrected chi connectivity index (χ0v) is 14.5. The van der Waals surface area contributed by atoms with Crippen LogP contribution in [-0.4, -0.2) is 59.3 Å². The van der Waals surface area contributed by atoms with Gasteiger partial charge in [0.05, 0.1) is 25.0 Å². The lowest BCUT2D eigenvalue weighted by atomic mass is 10.2. The van der Waals surface area contributed by atoms with Crippen LogP contribution >= 0.6 is 0 Å². The summed E-state index contributed by atoms with van der Waals surface area (Å²) in [5, 5.41) is 9.92. The smallest absolute Gasteiger partial charge is 0.414 e. The number of esters is 1. The van der Waals surface area contributed by atoms with Crippen molar-refractivity contribution in [3.8, 4) is 5.69 Å². The van der Waals surface area contributed by atoms with E-state index in [2.05, 4.69) is 20.4 Å². The van der Waals surface area contributed by atoms with Gasteiger partial charge in [-0.1, -0.05) is 5.21 Å². The van der Waals surface area contributed by atoms with Crippen molar-refractivity contribution in [3.63, 3.8) is 0 Å². The fourth-order valence-electron chi connectivity index (χ4n) is 2.60. The van der Waals surface area contributed by atoms with Crippen molar-refractivity contribution in [2.75, 3.05) is 25.2 Å². The molecule has 142 valence electrons. The van der Waals surface area contributed by atoms with Crippen molar-refractivity contribution in [2.45, 2.75) is 13.0 Å². The molecular formula is C16H16FN5O5. The number of carbonyl (C=O) groups is 3. The van der Waals surface area contributed by atoms with Gasteiger partial charge < -0.3 is 14.8 Å². The van der Waals surface area contributed by atoms with Gasteiger partial charge in [0.25, 0.3) is 0 Å². The minimum absolute atomic E-state index is 0.0346. The molecule has 0 unspecified atom stereocenters. The number of halogens is 1. The first-order valence-electron chi connectivity index (χ1n) is 7.91. The van der Waals surface area contributed by atoms with Crippen LogP contribution in [0.15, 0.2) is 24.4 Å². The van der Waals surface area contributed by atoms with Gasteiger partial charge in [-0.2, -0.15) is 0 Å². The van der Waals surface area contributed by atoms with Crippen molar-refractivity contribution in [1.29, 1.82) is 0 Å². The van der Waals surface area contributed by atoms with Gasteiger partial charge >= 0.3 is 12.1 Å². The molecule has 2 aromatic rings. The van der Waals surface area contributed by atoms with Crippen LogP contribution in [0, 0.1) is 5.82 Å². The van der Waals surface area contributed by atoms with Crippen LogP contribution in [0.4, 0.5) is 14.9 Å². The van der Waals surface area contributed by atoms with Crippen molar-refractivity contribution in [1.82, 2.24) is 20.3 Å². The predicted octanol–water partition coefficient (Wildman–Crippen LogP) is 0.654. The zero-order valence-electron chi connectivity index (χ0n) is 14.5. The van der Waals surface area contributed by atoms with Gasteiger partial charge in [0, 0.05) is 13.5 Å². The van der Waals surface area contributed by atoms with Gasteiger partial charge in [-0.05, 0) is 18.2 Å². The number of carbonyl (C=O) groups excluding carboxylic acids is 3. The second-order valence-electron chi connectivity index (χ2n) is 5.71. The maximum absolute atomic E-state index is 14.6. The average molecular weight is 377 g/mol. The molecule has 0 radical (unpaired) electrons. The third-order valence-corrected chi connectivity index (χ3v) is 3.89. The molecule has 1 aliphatic heterocycles. The molecule has 1 aromatic carbocycles. The van der Waals surface area contributed by atoms with E-state index >= 15 is 0 Å². The molecule has 0 spiro atoms. The molecule has 1 saturated heterocycles. The van der Waals surface area contributed by atoms with Crippen LogP contribution in [0.25, 0.3) is 5.69 Å². The Morgan fingerprint density at radius 2 is 2.22 bits per heavy atom. The number of aromatic nitrogens is 3. The number of benzene rings is 1. The molecule has 0 saturated carbocycles. The van der Waals surface area contributed by atoms with Gasteiger partial charge in [0.1, 0.15) is 12.3 Å². The summed E-state index contributed by atoms with van der Waals surface area (Å²) >= 11 is 0. The Hall–Kier alpha value is -3.50. The summed E-state index contributed by atoms with van der Waals surface area (Å²) in [5.74, 6) is -1.63. The first-order chi connectivity index (χ1) is 12.9. The van der Waals surface area contributed by atoms with Gasteiger partial charge in [0.15, 0.2) is 11.5 Å². The van der Waals surface area contributed by atoms with E-state index in [-0.39, 0.29) is 36.1 Å². The predicted molar refractivity (Wildman–Crippen MR) is 89.0 cm³/mol. The Morgan fingerprint density at radius 3 is 2.89 bits per heavy atom. The molecule has 2 amide bonds. The Balaban J connectivity index is 1.85. The van der Waals surface area contributed by atoms with Crippen LogP contribution in [0.3, 0.4) is 0 Å². The van der Waals surface area contributed by atoms with Crippen LogP contribution in [0.1, 0.15) is 17.4 Å². The van der Waals surface area contributed by atoms with E-state index in [1.807, 2.05) is 0 Å². The molecule has 1 fully saturated rings. The maximum Gasteiger partial charge on any atom is 0.414 e. The molecule has 2 heterocycles. The van der Waals surface area contributed by atoms with Crippen LogP contribution in [-0.2, 0) is 14.3 Å². The molecule has 1 aliphatic rings. The Morgan fingerprint density at radius 1 is 1.44 bits per heavy atom. The topological polar surface area (TPSA) is 116 Å². The van der Waals surface area contributed by atoms with Crippen LogP contribution in [0.2, 0.25) is 0 Å². The number of amides is 2. The van der Waals surface area contributed by atoms with E-state index in [4.69, 9.17) is 4.74 Å². The lowest BCUT2D eigenvalue weighted by Gasteiger charge is -2.22. The molecule has 3 rings (SSSR count). The number of anilines is 1. The molecule has 27 heavy (non-hydrogen) atoms. The van der Waals surface area contributed by atoms with E-state index in [9.17, 15) is 18.8 Å². The number of hydrogen-bond acceptors (Lipinski definition) is 7. The lowest BCUT2D eigenvalue weighted by Crippen LogP contribution is -2.42. The first-order valence-corrected chi connectivity index (χ1v) is 7.91. The fraction of sp³-hybridized carbons (Fsp3) is 0.312. The third-order valence-electron chi connectivity index (χ3n) is 3.89. The van der Waals surface area contributed by atoms with Crippen molar-refractivity contribution < 1.29 is 28.2 Å². The Bertz CT molecular complexity index is 899. The van der Waals surface area contributed by atoms with Gasteiger partial charge in [-0.15, -0.1) is 5.10 Å². The van der Waals surface area contributed by atoms with Gasteiger partial charge in [-0.3, -0.25) is 9.69 Å². The summed E-state index contributed by atoms with van der Waals surface area (Å²) < 4.78 is 25.2. The molecule has 10 nitrogen and oxygen atoms in total. The summed E-state index contributed by atoms with van der Waals surface area (Å²) in [4.78, 5) is 35.8. The van der Waals surface area contributed by atoms with E-state index in [0.717, 1.165) is 10.7 Å². The molecule has 0 bridgehead atoms. The summed E-state index contributed by atoms with van der Waals surface area (Å²) in [6.45, 7) is 1.61. The highest BCUT2D eigenvalue weighted by Gasteiger charge is 2.34. The average Bonchev–Trinajstić information content (AvgIpc) is 3.26. The minimum atomic E-state index is -0.695. The number of cyclic esters (lactones) is 1. The van der Waals surface area contributed by atoms with E-state index < -0.39 is 23.9 Å². The van der Waals surface area contributed by atoms with Crippen molar-refractivity contribution in [3.05, 3.63) is 35.9 Å². The standard InChI is InChI=1S/C16H16FN5O5/c1-9(23)18-6-11-8-27-16(25)22(11)10-3-4-14(12(17)5-10)21-7-13(19-20-21)15(24)26-2/h3-5,7,11H,6,8H2,1-2H3,(H,18,23)/t11-/m0/s1.